The number of hydrogen-bond donors (Lipinski definition) is 2. The molecule has 1 fully saturated rings. The smallest absolute Gasteiger partial charge is 0.309 e. The number of amides is 1. The maximum atomic E-state index is 13.6. The molecule has 0 saturated carbocycles. The van der Waals surface area contributed by atoms with Gasteiger partial charge in [0, 0.05) is 30.7 Å². The largest absolute Gasteiger partial charge is 0.492 e. The molecule has 43 heavy (non-hydrogen) atoms. The van der Waals surface area contributed by atoms with Crippen LogP contribution in [0, 0.1) is 5.92 Å². The molecule has 9 heteroatoms. The molecule has 2 aliphatic heterocycles. The Balaban J connectivity index is 1.45. The van der Waals surface area contributed by atoms with Crippen LogP contribution in [0.15, 0.2) is 60.7 Å². The van der Waals surface area contributed by atoms with E-state index >= 15 is 0 Å². The van der Waals surface area contributed by atoms with Crippen molar-refractivity contribution >= 4 is 17.6 Å². The molecule has 0 aromatic heterocycles. The van der Waals surface area contributed by atoms with Crippen molar-refractivity contribution < 1.29 is 28.9 Å². The molecule has 3 aromatic carbocycles. The average molecular weight is 588 g/mol. The Bertz CT molecular complexity index is 1420. The summed E-state index contributed by atoms with van der Waals surface area (Å²) in [6.45, 7) is 6.06. The molecule has 0 bridgehead atoms. The number of rotatable bonds is 12. The number of carbonyl (C=O) groups excluding carboxylic acids is 1. The lowest BCUT2D eigenvalue weighted by Crippen LogP contribution is -2.35. The number of fused-ring (bicyclic) bond motifs is 1. The molecule has 0 aliphatic carbocycles. The Kier molecular flexibility index (Phi) is 9.52. The Morgan fingerprint density at radius 2 is 1.65 bits per heavy atom. The van der Waals surface area contributed by atoms with E-state index in [0.29, 0.717) is 24.7 Å². The van der Waals surface area contributed by atoms with Crippen molar-refractivity contribution in [1.82, 2.24) is 9.80 Å². The van der Waals surface area contributed by atoms with Crippen LogP contribution in [0.25, 0.3) is 0 Å². The maximum absolute atomic E-state index is 13.6. The second kappa shape index (κ2) is 13.5. The number of carbonyl (C=O) groups is 2. The summed E-state index contributed by atoms with van der Waals surface area (Å²) in [4.78, 5) is 30.6. The van der Waals surface area contributed by atoms with Crippen LogP contribution in [0.3, 0.4) is 0 Å². The monoisotopic (exact) mass is 587 g/mol. The summed E-state index contributed by atoms with van der Waals surface area (Å²) in [5.74, 6) is -0.260. The number of likely N-dealkylation sites (N-methyl/N-ethyl adjacent to an activating group) is 1. The summed E-state index contributed by atoms with van der Waals surface area (Å²) < 4.78 is 17.0. The van der Waals surface area contributed by atoms with Gasteiger partial charge in [-0.3, -0.25) is 14.5 Å². The molecule has 1 amide bonds. The topological polar surface area (TPSA) is 101 Å². The zero-order valence-electron chi connectivity index (χ0n) is 25.3. The number of aliphatic carboxylic acids is 1. The van der Waals surface area contributed by atoms with Crippen LogP contribution in [-0.2, 0) is 22.4 Å². The van der Waals surface area contributed by atoms with Gasteiger partial charge in [0.1, 0.15) is 12.4 Å². The number of carboxylic acid groups (broad SMARTS) is 1. The number of hydrogen-bond acceptors (Lipinski definition) is 7. The van der Waals surface area contributed by atoms with Crippen LogP contribution in [0.4, 0.5) is 5.69 Å². The van der Waals surface area contributed by atoms with Gasteiger partial charge in [0.25, 0.3) is 0 Å². The predicted molar refractivity (Wildman–Crippen MR) is 165 cm³/mol. The molecule has 9 nitrogen and oxygen atoms in total. The van der Waals surface area contributed by atoms with Crippen molar-refractivity contribution in [3.63, 3.8) is 0 Å². The van der Waals surface area contributed by atoms with E-state index in [0.717, 1.165) is 53.1 Å². The lowest BCUT2D eigenvalue weighted by atomic mass is 9.82. The highest BCUT2D eigenvalue weighted by Gasteiger charge is 2.48. The van der Waals surface area contributed by atoms with E-state index in [-0.39, 0.29) is 25.2 Å². The zero-order valence-corrected chi connectivity index (χ0v) is 25.3. The van der Waals surface area contributed by atoms with E-state index in [1.54, 1.807) is 0 Å². The molecule has 2 aliphatic rings. The highest BCUT2D eigenvalue weighted by molar-refractivity contribution is 5.94. The van der Waals surface area contributed by atoms with Crippen molar-refractivity contribution in [2.45, 2.75) is 38.6 Å². The zero-order chi connectivity index (χ0) is 30.5. The van der Waals surface area contributed by atoms with E-state index in [2.05, 4.69) is 19.2 Å². The minimum Gasteiger partial charge on any atom is -0.492 e. The Hall–Kier alpha value is -4.08. The normalized spacial score (nSPS) is 19.5. The molecule has 3 atom stereocenters. The van der Waals surface area contributed by atoms with Crippen molar-refractivity contribution in [2.24, 2.45) is 5.92 Å². The first-order chi connectivity index (χ1) is 20.8. The fourth-order valence-electron chi connectivity index (χ4n) is 6.15. The number of carboxylic acids is 1. The van der Waals surface area contributed by atoms with Gasteiger partial charge in [-0.2, -0.15) is 0 Å². The quantitative estimate of drug-likeness (QED) is 0.307. The van der Waals surface area contributed by atoms with Crippen molar-refractivity contribution in [3.8, 4) is 17.2 Å². The summed E-state index contributed by atoms with van der Waals surface area (Å²) in [6, 6.07) is 18.7. The molecule has 0 spiro atoms. The fourth-order valence-corrected chi connectivity index (χ4v) is 6.15. The highest BCUT2D eigenvalue weighted by atomic mass is 16.7. The molecule has 2 heterocycles. The molecule has 1 saturated heterocycles. The molecule has 5 rings (SSSR count). The molecule has 2 N–H and O–H groups in total. The van der Waals surface area contributed by atoms with E-state index in [1.807, 2.05) is 84.6 Å². The number of nitrogens with zero attached hydrogens (tertiary/aromatic N) is 2. The summed E-state index contributed by atoms with van der Waals surface area (Å²) in [5.41, 5.74) is 4.69. The van der Waals surface area contributed by atoms with Gasteiger partial charge >= 0.3 is 5.97 Å². The molecule has 3 aromatic rings. The van der Waals surface area contributed by atoms with Crippen LogP contribution in [0.1, 0.15) is 48.1 Å². The second-order valence-electron chi connectivity index (χ2n) is 11.4. The molecular formula is C34H41N3O6. The van der Waals surface area contributed by atoms with Gasteiger partial charge in [-0.15, -0.1) is 0 Å². The van der Waals surface area contributed by atoms with E-state index in [9.17, 15) is 14.7 Å². The molecular weight excluding hydrogens is 546 g/mol. The van der Waals surface area contributed by atoms with Gasteiger partial charge < -0.3 is 29.5 Å². The number of para-hydroxylation sites is 1. The third-order valence-electron chi connectivity index (χ3n) is 8.35. The number of benzene rings is 3. The molecule has 1 unspecified atom stereocenters. The Morgan fingerprint density at radius 3 is 2.30 bits per heavy atom. The van der Waals surface area contributed by atoms with Crippen LogP contribution >= 0.6 is 0 Å². The van der Waals surface area contributed by atoms with E-state index in [4.69, 9.17) is 14.2 Å². The van der Waals surface area contributed by atoms with Gasteiger partial charge in [0.15, 0.2) is 11.5 Å². The standard InChI is InChI=1S/C34H41N3O6/c1-5-22-8-7-9-23(6-2)32(22)35-30(38)20-37-19-27(25-12-15-28-29(18-25)43-21-42-28)31(34(39)40)33(37)24-10-13-26(14-11-24)41-17-16-36(3)4/h7-15,18,27,31,33H,5-6,16-17,19-21H2,1-4H3,(H,35,38)(H,39,40)/t27-,31?,33+/m1/s1. The number of anilines is 1. The van der Waals surface area contributed by atoms with Crippen LogP contribution in [0.5, 0.6) is 17.2 Å². The number of nitrogens with one attached hydrogen (secondary N) is 1. The fraction of sp³-hybridized carbons (Fsp3) is 0.412. The SMILES string of the molecule is CCc1cccc(CC)c1NC(=O)CN1C[C@H](c2ccc3c(c2)OCO3)C(C(=O)O)[C@@H]1c1ccc(OCCN(C)C)cc1. The Labute approximate surface area is 253 Å². The average Bonchev–Trinajstić information content (AvgIpc) is 3.62. The van der Waals surface area contributed by atoms with Gasteiger partial charge in [-0.05, 0) is 73.5 Å². The van der Waals surface area contributed by atoms with Gasteiger partial charge in [0.2, 0.25) is 12.7 Å². The third-order valence-corrected chi connectivity index (χ3v) is 8.35. The third kappa shape index (κ3) is 6.78. The number of aryl methyl sites for hydroxylation is 2. The molecule has 0 radical (unpaired) electrons. The lowest BCUT2D eigenvalue weighted by molar-refractivity contribution is -0.143. The Morgan fingerprint density at radius 1 is 0.977 bits per heavy atom. The first-order valence-corrected chi connectivity index (χ1v) is 14.9. The van der Waals surface area contributed by atoms with Crippen LogP contribution in [0.2, 0.25) is 0 Å². The summed E-state index contributed by atoms with van der Waals surface area (Å²) in [6.07, 6.45) is 1.60. The second-order valence-corrected chi connectivity index (χ2v) is 11.4. The van der Waals surface area contributed by atoms with Crippen LogP contribution < -0.4 is 19.5 Å². The van der Waals surface area contributed by atoms with Gasteiger partial charge in [0.05, 0.1) is 12.5 Å². The predicted octanol–water partition coefficient (Wildman–Crippen LogP) is 4.96. The first-order valence-electron chi connectivity index (χ1n) is 14.9. The van der Waals surface area contributed by atoms with E-state index in [1.165, 1.54) is 0 Å². The first kappa shape index (κ1) is 30.4. The van der Waals surface area contributed by atoms with Crippen molar-refractivity contribution in [3.05, 3.63) is 82.9 Å². The number of likely N-dealkylation sites (tertiary alicyclic amines) is 1. The highest BCUT2D eigenvalue weighted by Crippen LogP contribution is 2.47. The van der Waals surface area contributed by atoms with Crippen molar-refractivity contribution in [2.75, 3.05) is 52.4 Å². The van der Waals surface area contributed by atoms with Gasteiger partial charge in [-0.1, -0.05) is 50.2 Å². The summed E-state index contributed by atoms with van der Waals surface area (Å²) in [5, 5.41) is 13.8. The van der Waals surface area contributed by atoms with E-state index < -0.39 is 17.9 Å². The number of ether oxygens (including phenoxy) is 3. The van der Waals surface area contributed by atoms with Gasteiger partial charge in [-0.25, -0.2) is 0 Å². The minimum atomic E-state index is -0.911. The van der Waals surface area contributed by atoms with Crippen LogP contribution in [-0.4, -0.2) is 73.9 Å². The molecule has 228 valence electrons. The maximum Gasteiger partial charge on any atom is 0.309 e. The summed E-state index contributed by atoms with van der Waals surface area (Å²) in [7, 11) is 3.98. The van der Waals surface area contributed by atoms with Crippen molar-refractivity contribution in [1.29, 1.82) is 0 Å². The lowest BCUT2D eigenvalue weighted by Gasteiger charge is -2.27. The summed E-state index contributed by atoms with van der Waals surface area (Å²) >= 11 is 0. The minimum absolute atomic E-state index is 0.0534.